The highest BCUT2D eigenvalue weighted by molar-refractivity contribution is 7.92. The summed E-state index contributed by atoms with van der Waals surface area (Å²) in [5.74, 6) is 0.691. The van der Waals surface area contributed by atoms with Gasteiger partial charge in [0.25, 0.3) is 11.1 Å². The van der Waals surface area contributed by atoms with Crippen LogP contribution in [-0.4, -0.2) is 76.7 Å². The van der Waals surface area contributed by atoms with Crippen molar-refractivity contribution < 1.29 is 26.1 Å². The molecular weight excluding hydrogens is 1200 g/mol. The maximum absolute atomic E-state index is 14.3. The molecule has 21 nitrogen and oxygen atoms in total. The first-order valence-electron chi connectivity index (χ1n) is 28.0. The SMILES string of the molecule is CC1(C)OB(c2cccc(CS(C)(=O)=O)c2)OC1(C)C.[C-]#[N+]c1cnc(N)nc1N[C@@H](C)c1cc2cccc(-c3cccc(NS(C)(=O)=O)c3)c2c(=O)n1-c1ccccc1.[C-]#[N+]c1cnc(N)nc1N[C@@H](C)c1cc2cccc(Cl)c2c(=O)n1-c1ccccc1. The zero-order valence-corrected chi connectivity index (χ0v) is 52.7. The first-order chi connectivity index (χ1) is 42.6. The van der Waals surface area contributed by atoms with Crippen LogP contribution in [-0.2, 0) is 34.9 Å². The summed E-state index contributed by atoms with van der Waals surface area (Å²) in [6, 6.07) is 46.8. The van der Waals surface area contributed by atoms with Gasteiger partial charge in [-0.1, -0.05) is 115 Å². The second-order valence-corrected chi connectivity index (χ2v) is 26.6. The van der Waals surface area contributed by atoms with Crippen molar-refractivity contribution >= 4 is 106 Å². The fourth-order valence-electron chi connectivity index (χ4n) is 10.1. The zero-order valence-electron chi connectivity index (χ0n) is 50.3. The molecule has 2 atom stereocenters. The van der Waals surface area contributed by atoms with E-state index in [0.717, 1.165) is 22.7 Å². The lowest BCUT2D eigenvalue weighted by atomic mass is 9.78. The van der Waals surface area contributed by atoms with E-state index in [-0.39, 0.29) is 52.0 Å². The molecule has 6 aromatic carbocycles. The molecule has 11 rings (SSSR count). The Labute approximate surface area is 526 Å². The van der Waals surface area contributed by atoms with Crippen LogP contribution in [0.5, 0.6) is 0 Å². The van der Waals surface area contributed by atoms with Crippen LogP contribution in [0, 0.1) is 13.1 Å². The Balaban J connectivity index is 0.000000170. The molecule has 1 fully saturated rings. The first kappa shape index (κ1) is 64.5. The third-order valence-electron chi connectivity index (χ3n) is 14.9. The van der Waals surface area contributed by atoms with Gasteiger partial charge in [0.05, 0.1) is 64.2 Å². The number of hydrogen-bond acceptors (Lipinski definition) is 16. The van der Waals surface area contributed by atoms with E-state index in [1.54, 1.807) is 45.5 Å². The maximum atomic E-state index is 14.3. The van der Waals surface area contributed by atoms with Crippen molar-refractivity contribution in [1.82, 2.24) is 29.1 Å². The van der Waals surface area contributed by atoms with Gasteiger partial charge in [-0.2, -0.15) is 0 Å². The van der Waals surface area contributed by atoms with Crippen LogP contribution in [0.25, 0.3) is 53.7 Å². The number of aromatic nitrogens is 6. The highest BCUT2D eigenvalue weighted by atomic mass is 35.5. The van der Waals surface area contributed by atoms with Crippen molar-refractivity contribution in [3.8, 4) is 22.5 Å². The molecule has 90 heavy (non-hydrogen) atoms. The number of benzene rings is 6. The number of fused-ring (bicyclic) bond motifs is 2. The van der Waals surface area contributed by atoms with Gasteiger partial charge in [0, 0.05) is 47.1 Å². The molecule has 458 valence electrons. The van der Waals surface area contributed by atoms with Gasteiger partial charge in [-0.25, -0.2) is 46.5 Å². The lowest BCUT2D eigenvalue weighted by Gasteiger charge is -2.32. The number of sulfone groups is 1. The van der Waals surface area contributed by atoms with Gasteiger partial charge in [-0.05, 0) is 129 Å². The number of para-hydroxylation sites is 2. The van der Waals surface area contributed by atoms with Crippen molar-refractivity contribution in [2.45, 2.75) is 70.6 Å². The van der Waals surface area contributed by atoms with Crippen molar-refractivity contribution in [3.63, 3.8) is 0 Å². The van der Waals surface area contributed by atoms with Gasteiger partial charge in [-0.3, -0.25) is 23.4 Å². The van der Waals surface area contributed by atoms with Crippen LogP contribution in [0.4, 0.5) is 40.6 Å². The van der Waals surface area contributed by atoms with Crippen LogP contribution in [0.15, 0.2) is 180 Å². The summed E-state index contributed by atoms with van der Waals surface area (Å²) in [7, 11) is -6.98. The molecule has 1 aliphatic rings. The smallest absolute Gasteiger partial charge is 0.399 e. The van der Waals surface area contributed by atoms with Gasteiger partial charge in [0.15, 0.2) is 9.84 Å². The van der Waals surface area contributed by atoms with Crippen molar-refractivity contribution in [3.05, 3.63) is 236 Å². The predicted molar refractivity (Wildman–Crippen MR) is 358 cm³/mol. The normalized spacial score (nSPS) is 14.0. The third-order valence-corrected chi connectivity index (χ3v) is 16.7. The number of halogens is 1. The minimum absolute atomic E-state index is 0.0262. The van der Waals surface area contributed by atoms with Crippen LogP contribution >= 0.6 is 11.6 Å². The lowest BCUT2D eigenvalue weighted by Crippen LogP contribution is -2.41. The molecule has 1 aliphatic heterocycles. The van der Waals surface area contributed by atoms with Crippen molar-refractivity contribution in [2.24, 2.45) is 0 Å². The van der Waals surface area contributed by atoms with E-state index >= 15 is 0 Å². The lowest BCUT2D eigenvalue weighted by molar-refractivity contribution is 0.00578. The number of anilines is 5. The predicted octanol–water partition coefficient (Wildman–Crippen LogP) is 11.4. The van der Waals surface area contributed by atoms with Crippen molar-refractivity contribution in [2.75, 3.05) is 39.3 Å². The quantitative estimate of drug-likeness (QED) is 0.0500. The third kappa shape index (κ3) is 14.8. The topological polar surface area (TPSA) is 279 Å². The van der Waals surface area contributed by atoms with Gasteiger partial charge in [0.2, 0.25) is 33.3 Å². The molecular formula is C65H63BClN13O8S2. The molecule has 25 heteroatoms. The number of nitrogens with zero attached hydrogens (tertiary/aromatic N) is 8. The number of rotatable bonds is 14. The molecule has 0 saturated carbocycles. The van der Waals surface area contributed by atoms with Gasteiger partial charge < -0.3 is 31.4 Å². The summed E-state index contributed by atoms with van der Waals surface area (Å²) >= 11 is 6.35. The number of sulfonamides is 1. The molecule has 0 spiro atoms. The number of hydrogen-bond donors (Lipinski definition) is 5. The number of pyridine rings is 2. The maximum Gasteiger partial charge on any atom is 0.494 e. The van der Waals surface area contributed by atoms with Crippen LogP contribution < -0.4 is 43.4 Å². The Kier molecular flexibility index (Phi) is 18.9. The van der Waals surface area contributed by atoms with E-state index in [0.29, 0.717) is 66.6 Å². The van der Waals surface area contributed by atoms with E-state index < -0.39 is 44.2 Å². The molecule has 4 aromatic heterocycles. The first-order valence-corrected chi connectivity index (χ1v) is 32.3. The van der Waals surface area contributed by atoms with E-state index in [9.17, 15) is 26.4 Å². The van der Waals surface area contributed by atoms with E-state index in [1.165, 1.54) is 18.6 Å². The van der Waals surface area contributed by atoms with Crippen molar-refractivity contribution in [1.29, 1.82) is 0 Å². The second kappa shape index (κ2) is 26.4. The minimum Gasteiger partial charge on any atom is -0.399 e. The summed E-state index contributed by atoms with van der Waals surface area (Å²) in [6.07, 6.45) is 5.04. The Morgan fingerprint density at radius 2 is 1.10 bits per heavy atom. The van der Waals surface area contributed by atoms with Crippen LogP contribution in [0.2, 0.25) is 5.02 Å². The Morgan fingerprint density at radius 3 is 1.60 bits per heavy atom. The number of nitrogen functional groups attached to an aromatic ring is 2. The summed E-state index contributed by atoms with van der Waals surface area (Å²) in [4.78, 5) is 50.8. The summed E-state index contributed by atoms with van der Waals surface area (Å²) in [5.41, 5.74) is 16.7. The second-order valence-electron chi connectivity index (χ2n) is 22.3. The van der Waals surface area contributed by atoms with Crippen LogP contribution in [0.3, 0.4) is 0 Å². The molecule has 0 aliphatic carbocycles. The average molecular weight is 1260 g/mol. The fourth-order valence-corrected chi connectivity index (χ4v) is 11.7. The number of nitrogens with two attached hydrogens (primary N) is 2. The van der Waals surface area contributed by atoms with Gasteiger partial charge >= 0.3 is 7.12 Å². The average Bonchev–Trinajstić information content (AvgIpc) is 0.870. The molecule has 1 saturated heterocycles. The molecule has 5 heterocycles. The van der Waals surface area contributed by atoms with Gasteiger partial charge in [-0.15, -0.1) is 0 Å². The largest absolute Gasteiger partial charge is 0.494 e. The molecule has 0 radical (unpaired) electrons. The molecule has 10 aromatic rings. The Hall–Kier alpha value is -9.95. The molecule has 7 N–H and O–H groups in total. The fraction of sp³-hybridized carbons (Fsp3) is 0.200. The monoisotopic (exact) mass is 1260 g/mol. The number of nitrogens with one attached hydrogen (secondary N) is 3. The Morgan fingerprint density at radius 1 is 0.622 bits per heavy atom. The summed E-state index contributed by atoms with van der Waals surface area (Å²) < 4.78 is 64.0. The highest BCUT2D eigenvalue weighted by Crippen LogP contribution is 2.38. The summed E-state index contributed by atoms with van der Waals surface area (Å²) in [5, 5.41) is 9.18. The standard InChI is InChI=1S/C29H25N7O3S.C22H17ClN6O.C14H21BO4S/c1-18(33-27-24(31-2)17-32-29(30)34-27)25-16-20-10-8-14-23(19-9-7-11-21(15-19)35-40(3,38)39)26(20)28(37)36(25)22-12-5-4-6-13-22;1-13(27-20-17(25-2)12-26-22(24)28-20)18-11-14-7-6-10-16(23)19(14)21(30)29(18)15-8-4-3-5-9-15;1-13(2)14(3,4)19-15(18-13)12-8-6-7-11(9-12)10-20(5,16)17/h4-18,35H,1,3H3,(H3,30,32,33,34);3-13H,1H3,(H3,24,26,27,28);6-9H,10H2,1-5H3/t18-;13-;/m00./s1. The molecule has 0 bridgehead atoms. The van der Waals surface area contributed by atoms with Gasteiger partial charge in [0.1, 0.15) is 11.6 Å². The zero-order chi connectivity index (χ0) is 64.9. The Bertz CT molecular complexity index is 4800. The van der Waals surface area contributed by atoms with E-state index in [4.69, 9.17) is 45.5 Å². The molecule has 0 amide bonds. The minimum atomic E-state index is -3.48. The van der Waals surface area contributed by atoms with E-state index in [1.807, 2.05) is 163 Å². The van der Waals surface area contributed by atoms with Crippen LogP contribution in [0.1, 0.15) is 70.6 Å². The van der Waals surface area contributed by atoms with E-state index in [2.05, 4.69) is 45.0 Å². The highest BCUT2D eigenvalue weighted by Gasteiger charge is 2.51. The molecule has 0 unspecified atom stereocenters. The summed E-state index contributed by atoms with van der Waals surface area (Å²) in [6.45, 7) is 26.5.